The molecule has 0 unspecified atom stereocenters. The minimum Gasteiger partial charge on any atom is -0.390 e. The highest BCUT2D eigenvalue weighted by atomic mass is 35.5. The molecule has 0 aliphatic rings. The number of hydrogen-bond donors (Lipinski definition) is 3. The van der Waals surface area contributed by atoms with E-state index in [1.165, 1.54) is 11.1 Å². The van der Waals surface area contributed by atoms with Crippen molar-refractivity contribution >= 4 is 11.6 Å². The monoisotopic (exact) mass is 402 g/mol. The lowest BCUT2D eigenvalue weighted by molar-refractivity contribution is 0.102. The van der Waals surface area contributed by atoms with Crippen molar-refractivity contribution in [2.45, 2.75) is 70.7 Å². The van der Waals surface area contributed by atoms with Gasteiger partial charge >= 0.3 is 0 Å². The van der Waals surface area contributed by atoms with Gasteiger partial charge in [0, 0.05) is 28.7 Å². The standard InChI is InChI=1S/C24H35ClN2O/c1-23(2,3)27-21(15-18-10-7-6-8-11-18)22(28)17-26-24(4,5)16-19-12-9-13-20(25)14-19/h6-14,21-22,26-28H,15-17H2,1-5H3/t21-,22+/m0/s1. The summed E-state index contributed by atoms with van der Waals surface area (Å²) in [5.74, 6) is 0. The van der Waals surface area contributed by atoms with Crippen molar-refractivity contribution < 1.29 is 5.11 Å². The molecule has 2 aromatic carbocycles. The summed E-state index contributed by atoms with van der Waals surface area (Å²) in [6, 6.07) is 18.3. The fourth-order valence-corrected chi connectivity index (χ4v) is 3.66. The number of halogens is 1. The lowest BCUT2D eigenvalue weighted by Gasteiger charge is -2.34. The molecule has 0 aliphatic heterocycles. The molecule has 0 fully saturated rings. The molecule has 0 bridgehead atoms. The van der Waals surface area contributed by atoms with Crippen LogP contribution < -0.4 is 10.6 Å². The van der Waals surface area contributed by atoms with Gasteiger partial charge in [0.05, 0.1) is 6.10 Å². The molecule has 0 saturated heterocycles. The highest BCUT2D eigenvalue weighted by Gasteiger charge is 2.26. The van der Waals surface area contributed by atoms with Crippen LogP contribution in [0.2, 0.25) is 5.02 Å². The second-order valence-electron chi connectivity index (χ2n) is 9.33. The SMILES string of the molecule is CC(C)(C)N[C@@H](Cc1ccccc1)[C@H](O)CNC(C)(C)Cc1cccc(Cl)c1. The van der Waals surface area contributed by atoms with Crippen molar-refractivity contribution in [1.29, 1.82) is 0 Å². The Balaban J connectivity index is 1.99. The normalized spacial score (nSPS) is 14.7. The summed E-state index contributed by atoms with van der Waals surface area (Å²) in [4.78, 5) is 0. The molecule has 3 nitrogen and oxygen atoms in total. The van der Waals surface area contributed by atoms with E-state index in [-0.39, 0.29) is 17.1 Å². The second-order valence-corrected chi connectivity index (χ2v) is 9.77. The summed E-state index contributed by atoms with van der Waals surface area (Å²) in [5.41, 5.74) is 2.19. The maximum absolute atomic E-state index is 11.0. The number of hydrogen-bond acceptors (Lipinski definition) is 3. The molecule has 3 N–H and O–H groups in total. The Labute approximate surface area is 175 Å². The van der Waals surface area contributed by atoms with Gasteiger partial charge in [-0.05, 0) is 70.7 Å². The van der Waals surface area contributed by atoms with Gasteiger partial charge in [0.1, 0.15) is 0 Å². The molecular formula is C24H35ClN2O. The van der Waals surface area contributed by atoms with E-state index in [1.807, 2.05) is 36.4 Å². The van der Waals surface area contributed by atoms with Crippen molar-refractivity contribution in [2.75, 3.05) is 6.54 Å². The van der Waals surface area contributed by atoms with Gasteiger partial charge < -0.3 is 15.7 Å². The van der Waals surface area contributed by atoms with Gasteiger partial charge in [-0.1, -0.05) is 54.1 Å². The number of benzene rings is 2. The predicted octanol–water partition coefficient (Wildman–Crippen LogP) is 4.61. The highest BCUT2D eigenvalue weighted by Crippen LogP contribution is 2.17. The molecule has 0 amide bonds. The second kappa shape index (κ2) is 9.89. The number of aliphatic hydroxyl groups excluding tert-OH is 1. The number of β-amino-alcohol motifs (C(OH)–C–C–N with tert-alkyl or cyclic N) is 1. The molecule has 0 saturated carbocycles. The topological polar surface area (TPSA) is 44.3 Å². The van der Waals surface area contributed by atoms with E-state index in [0.29, 0.717) is 6.54 Å². The van der Waals surface area contributed by atoms with Crippen LogP contribution in [0.15, 0.2) is 54.6 Å². The van der Waals surface area contributed by atoms with E-state index in [2.05, 4.69) is 63.5 Å². The van der Waals surface area contributed by atoms with Crippen molar-refractivity contribution in [3.63, 3.8) is 0 Å². The van der Waals surface area contributed by atoms with Crippen LogP contribution in [0.25, 0.3) is 0 Å². The Morgan fingerprint density at radius 3 is 2.18 bits per heavy atom. The molecule has 2 aromatic rings. The molecule has 2 atom stereocenters. The average Bonchev–Trinajstić information content (AvgIpc) is 2.58. The maximum Gasteiger partial charge on any atom is 0.0820 e. The van der Waals surface area contributed by atoms with E-state index in [4.69, 9.17) is 11.6 Å². The van der Waals surface area contributed by atoms with Crippen LogP contribution in [0.5, 0.6) is 0 Å². The molecule has 0 heterocycles. The fraction of sp³-hybridized carbons (Fsp3) is 0.500. The van der Waals surface area contributed by atoms with E-state index in [9.17, 15) is 5.11 Å². The third-order valence-electron chi connectivity index (χ3n) is 4.71. The van der Waals surface area contributed by atoms with Gasteiger partial charge in [-0.2, -0.15) is 0 Å². The Bertz CT molecular complexity index is 725. The van der Waals surface area contributed by atoms with Gasteiger partial charge in [-0.3, -0.25) is 0 Å². The zero-order valence-corrected chi connectivity index (χ0v) is 18.6. The third-order valence-corrected chi connectivity index (χ3v) is 4.94. The first-order valence-corrected chi connectivity index (χ1v) is 10.4. The van der Waals surface area contributed by atoms with E-state index in [0.717, 1.165) is 17.9 Å². The molecule has 154 valence electrons. The van der Waals surface area contributed by atoms with Crippen LogP contribution in [0.3, 0.4) is 0 Å². The number of nitrogens with one attached hydrogen (secondary N) is 2. The van der Waals surface area contributed by atoms with Crippen LogP contribution in [0.1, 0.15) is 45.7 Å². The lowest BCUT2D eigenvalue weighted by atomic mass is 9.93. The summed E-state index contributed by atoms with van der Waals surface area (Å²) >= 11 is 6.11. The Morgan fingerprint density at radius 1 is 0.929 bits per heavy atom. The first kappa shape index (κ1) is 22.9. The van der Waals surface area contributed by atoms with E-state index < -0.39 is 6.10 Å². The highest BCUT2D eigenvalue weighted by molar-refractivity contribution is 6.30. The molecule has 0 spiro atoms. The number of rotatable bonds is 9. The quantitative estimate of drug-likeness (QED) is 0.573. The van der Waals surface area contributed by atoms with Gasteiger partial charge in [0.2, 0.25) is 0 Å². The average molecular weight is 403 g/mol. The van der Waals surface area contributed by atoms with Crippen molar-refractivity contribution in [3.8, 4) is 0 Å². The minimum absolute atomic E-state index is 0.0307. The van der Waals surface area contributed by atoms with E-state index in [1.54, 1.807) is 0 Å². The molecule has 2 rings (SSSR count). The fourth-order valence-electron chi connectivity index (χ4n) is 3.45. The largest absolute Gasteiger partial charge is 0.390 e. The van der Waals surface area contributed by atoms with Crippen molar-refractivity contribution in [3.05, 3.63) is 70.7 Å². The molecule has 4 heteroatoms. The van der Waals surface area contributed by atoms with Gasteiger partial charge in [0.25, 0.3) is 0 Å². The summed E-state index contributed by atoms with van der Waals surface area (Å²) in [6.07, 6.45) is 1.13. The van der Waals surface area contributed by atoms with Gasteiger partial charge in [-0.15, -0.1) is 0 Å². The van der Waals surface area contributed by atoms with Crippen LogP contribution in [0.4, 0.5) is 0 Å². The number of aliphatic hydroxyl groups is 1. The van der Waals surface area contributed by atoms with Crippen LogP contribution >= 0.6 is 11.6 Å². The van der Waals surface area contributed by atoms with Gasteiger partial charge in [-0.25, -0.2) is 0 Å². The zero-order valence-electron chi connectivity index (χ0n) is 17.8. The first-order chi connectivity index (χ1) is 13.0. The summed E-state index contributed by atoms with van der Waals surface area (Å²) in [7, 11) is 0. The molecular weight excluding hydrogens is 368 g/mol. The smallest absolute Gasteiger partial charge is 0.0820 e. The lowest BCUT2D eigenvalue weighted by Crippen LogP contribution is -2.55. The zero-order chi connectivity index (χ0) is 20.8. The molecule has 0 radical (unpaired) electrons. The first-order valence-electron chi connectivity index (χ1n) is 10.0. The van der Waals surface area contributed by atoms with Crippen LogP contribution in [-0.2, 0) is 12.8 Å². The van der Waals surface area contributed by atoms with Crippen LogP contribution in [-0.4, -0.2) is 34.9 Å². The van der Waals surface area contributed by atoms with Crippen molar-refractivity contribution in [2.24, 2.45) is 0 Å². The van der Waals surface area contributed by atoms with Crippen LogP contribution in [0, 0.1) is 0 Å². The van der Waals surface area contributed by atoms with E-state index >= 15 is 0 Å². The molecule has 28 heavy (non-hydrogen) atoms. The van der Waals surface area contributed by atoms with Crippen molar-refractivity contribution in [1.82, 2.24) is 10.6 Å². The maximum atomic E-state index is 11.0. The molecule has 0 aliphatic carbocycles. The molecule has 0 aromatic heterocycles. The minimum atomic E-state index is -0.502. The summed E-state index contributed by atoms with van der Waals surface area (Å²) < 4.78 is 0. The Hall–Kier alpha value is -1.39. The Kier molecular flexibility index (Phi) is 8.08. The summed E-state index contributed by atoms with van der Waals surface area (Å²) in [6.45, 7) is 11.2. The third kappa shape index (κ3) is 8.32. The Morgan fingerprint density at radius 2 is 1.57 bits per heavy atom. The summed E-state index contributed by atoms with van der Waals surface area (Å²) in [5, 5.41) is 18.9. The predicted molar refractivity (Wildman–Crippen MR) is 120 cm³/mol. The van der Waals surface area contributed by atoms with Gasteiger partial charge in [0.15, 0.2) is 0 Å².